The van der Waals surface area contributed by atoms with Crippen molar-refractivity contribution in [1.29, 1.82) is 0 Å². The predicted octanol–water partition coefficient (Wildman–Crippen LogP) is 3.20. The van der Waals surface area contributed by atoms with Crippen LogP contribution >= 0.6 is 0 Å². The topological polar surface area (TPSA) is 62.7 Å². The van der Waals surface area contributed by atoms with Crippen LogP contribution in [0.1, 0.15) is 16.8 Å². The van der Waals surface area contributed by atoms with Crippen LogP contribution < -0.4 is 4.74 Å². The monoisotopic (exact) mass is 366 g/mol. The molecule has 1 saturated heterocycles. The summed E-state index contributed by atoms with van der Waals surface area (Å²) in [5.41, 5.74) is 0.457. The predicted molar refractivity (Wildman–Crippen MR) is 86.4 cm³/mol. The molecule has 0 radical (unpaired) electrons. The Bertz CT molecular complexity index is 772. The van der Waals surface area contributed by atoms with Gasteiger partial charge in [-0.05, 0) is 29.8 Å². The van der Waals surface area contributed by atoms with Crippen LogP contribution in [-0.4, -0.2) is 34.0 Å². The zero-order valence-electron chi connectivity index (χ0n) is 13.7. The van der Waals surface area contributed by atoms with E-state index in [0.29, 0.717) is 25.4 Å². The Morgan fingerprint density at radius 2 is 1.92 bits per heavy atom. The molecule has 5 nitrogen and oxygen atoms in total. The van der Waals surface area contributed by atoms with Gasteiger partial charge in [0.2, 0.25) is 0 Å². The van der Waals surface area contributed by atoms with Gasteiger partial charge in [-0.3, -0.25) is 14.7 Å². The number of aliphatic carboxylic acids is 1. The van der Waals surface area contributed by atoms with Crippen LogP contribution in [0.5, 0.6) is 5.75 Å². The molecule has 1 fully saturated rings. The smallest absolute Gasteiger partial charge is 0.416 e. The Labute approximate surface area is 148 Å². The summed E-state index contributed by atoms with van der Waals surface area (Å²) < 4.78 is 43.5. The lowest BCUT2D eigenvalue weighted by Crippen LogP contribution is -2.49. The molecule has 0 saturated carbocycles. The minimum absolute atomic E-state index is 0.0598. The van der Waals surface area contributed by atoms with Crippen molar-refractivity contribution in [3.63, 3.8) is 0 Å². The Balaban J connectivity index is 1.51. The molecule has 1 aromatic heterocycles. The number of rotatable bonds is 6. The second-order valence-electron chi connectivity index (χ2n) is 6.20. The van der Waals surface area contributed by atoms with E-state index >= 15 is 0 Å². The molecular formula is C18H17F3N2O3. The third kappa shape index (κ3) is 4.51. The number of hydrogen-bond donors (Lipinski definition) is 1. The summed E-state index contributed by atoms with van der Waals surface area (Å²) in [7, 11) is 0. The molecule has 1 aliphatic rings. The van der Waals surface area contributed by atoms with Gasteiger partial charge in [-0.2, -0.15) is 13.2 Å². The molecule has 2 heterocycles. The number of likely N-dealkylation sites (tertiary alicyclic amines) is 1. The average molecular weight is 366 g/mol. The number of ether oxygens (including phenoxy) is 1. The molecular weight excluding hydrogens is 349 g/mol. The van der Waals surface area contributed by atoms with Crippen LogP contribution in [0.3, 0.4) is 0 Å². The van der Waals surface area contributed by atoms with Crippen molar-refractivity contribution in [2.75, 3.05) is 13.1 Å². The maximum absolute atomic E-state index is 12.7. The Morgan fingerprint density at radius 3 is 2.54 bits per heavy atom. The van der Waals surface area contributed by atoms with Crippen molar-refractivity contribution in [2.24, 2.45) is 5.92 Å². The number of hydrogen-bond acceptors (Lipinski definition) is 4. The fourth-order valence-electron chi connectivity index (χ4n) is 2.70. The number of aromatic nitrogens is 1. The molecule has 0 bridgehead atoms. The van der Waals surface area contributed by atoms with Crippen molar-refractivity contribution in [2.45, 2.75) is 19.3 Å². The Hall–Kier alpha value is -2.61. The molecule has 1 aliphatic heterocycles. The van der Waals surface area contributed by atoms with Gasteiger partial charge in [0.1, 0.15) is 12.4 Å². The van der Waals surface area contributed by atoms with Gasteiger partial charge < -0.3 is 9.84 Å². The van der Waals surface area contributed by atoms with Crippen molar-refractivity contribution < 1.29 is 27.8 Å². The van der Waals surface area contributed by atoms with Crippen LogP contribution in [0.2, 0.25) is 0 Å². The van der Waals surface area contributed by atoms with E-state index in [4.69, 9.17) is 9.84 Å². The fraction of sp³-hybridized carbons (Fsp3) is 0.333. The zero-order chi connectivity index (χ0) is 18.7. The van der Waals surface area contributed by atoms with Gasteiger partial charge in [0, 0.05) is 25.8 Å². The fourth-order valence-corrected chi connectivity index (χ4v) is 2.70. The standard InChI is InChI=1S/C18H17F3N2O3/c19-18(20,21)14-5-6-22-15(7-14)11-26-16-3-1-12(2-4-16)8-23-9-13(10-23)17(24)25/h1-7,13H,8-11H2,(H,24,25). The first-order valence-electron chi connectivity index (χ1n) is 8.00. The van der Waals surface area contributed by atoms with E-state index in [2.05, 4.69) is 4.98 Å². The number of carboxylic acid groups (broad SMARTS) is 1. The third-order valence-electron chi connectivity index (χ3n) is 4.17. The minimum atomic E-state index is -4.41. The van der Waals surface area contributed by atoms with E-state index in [9.17, 15) is 18.0 Å². The molecule has 1 N–H and O–H groups in total. The lowest BCUT2D eigenvalue weighted by molar-refractivity contribution is -0.147. The quantitative estimate of drug-likeness (QED) is 0.851. The molecule has 0 aliphatic carbocycles. The molecule has 0 unspecified atom stereocenters. The van der Waals surface area contributed by atoms with Gasteiger partial charge in [0.15, 0.2) is 0 Å². The number of nitrogens with zero attached hydrogens (tertiary/aromatic N) is 2. The number of halogens is 3. The van der Waals surface area contributed by atoms with Crippen molar-refractivity contribution in [1.82, 2.24) is 9.88 Å². The minimum Gasteiger partial charge on any atom is -0.487 e. The molecule has 0 spiro atoms. The first kappa shape index (κ1) is 18.2. The highest BCUT2D eigenvalue weighted by Gasteiger charge is 2.32. The lowest BCUT2D eigenvalue weighted by Gasteiger charge is -2.36. The van der Waals surface area contributed by atoms with Crippen LogP contribution in [-0.2, 0) is 24.1 Å². The molecule has 0 amide bonds. The number of carboxylic acids is 1. The van der Waals surface area contributed by atoms with Gasteiger partial charge in [0.25, 0.3) is 0 Å². The van der Waals surface area contributed by atoms with Crippen molar-refractivity contribution in [3.8, 4) is 5.75 Å². The molecule has 2 aromatic rings. The summed E-state index contributed by atoms with van der Waals surface area (Å²) in [6.45, 7) is 1.67. The number of alkyl halides is 3. The van der Waals surface area contributed by atoms with Gasteiger partial charge in [-0.1, -0.05) is 12.1 Å². The molecule has 26 heavy (non-hydrogen) atoms. The second-order valence-corrected chi connectivity index (χ2v) is 6.20. The van der Waals surface area contributed by atoms with E-state index in [1.165, 1.54) is 0 Å². The van der Waals surface area contributed by atoms with E-state index in [0.717, 1.165) is 23.9 Å². The molecule has 3 rings (SSSR count). The lowest BCUT2D eigenvalue weighted by atomic mass is 10.00. The van der Waals surface area contributed by atoms with E-state index < -0.39 is 17.7 Å². The number of pyridine rings is 1. The summed E-state index contributed by atoms with van der Waals surface area (Å²) in [4.78, 5) is 16.7. The van der Waals surface area contributed by atoms with Gasteiger partial charge in [-0.25, -0.2) is 0 Å². The van der Waals surface area contributed by atoms with Crippen LogP contribution in [0.25, 0.3) is 0 Å². The zero-order valence-corrected chi connectivity index (χ0v) is 13.7. The Morgan fingerprint density at radius 1 is 1.23 bits per heavy atom. The number of benzene rings is 1. The van der Waals surface area contributed by atoms with Gasteiger partial charge in [-0.15, -0.1) is 0 Å². The maximum Gasteiger partial charge on any atom is 0.416 e. The molecule has 138 valence electrons. The highest BCUT2D eigenvalue weighted by Crippen LogP contribution is 2.29. The van der Waals surface area contributed by atoms with E-state index in [-0.39, 0.29) is 18.2 Å². The van der Waals surface area contributed by atoms with E-state index in [1.54, 1.807) is 12.1 Å². The second kappa shape index (κ2) is 7.33. The van der Waals surface area contributed by atoms with Crippen LogP contribution in [0.15, 0.2) is 42.6 Å². The first-order chi connectivity index (χ1) is 12.3. The van der Waals surface area contributed by atoms with Crippen LogP contribution in [0, 0.1) is 5.92 Å². The summed E-state index contributed by atoms with van der Waals surface area (Å²) in [6.07, 6.45) is -3.29. The van der Waals surface area contributed by atoms with Crippen LogP contribution in [0.4, 0.5) is 13.2 Å². The molecule has 8 heteroatoms. The maximum atomic E-state index is 12.7. The molecule has 0 atom stereocenters. The van der Waals surface area contributed by atoms with Crippen molar-refractivity contribution in [3.05, 3.63) is 59.4 Å². The largest absolute Gasteiger partial charge is 0.487 e. The summed E-state index contributed by atoms with van der Waals surface area (Å²) >= 11 is 0. The number of carbonyl (C=O) groups is 1. The summed E-state index contributed by atoms with van der Waals surface area (Å²) in [5, 5.41) is 8.86. The highest BCUT2D eigenvalue weighted by atomic mass is 19.4. The van der Waals surface area contributed by atoms with Gasteiger partial charge in [0.05, 0.1) is 17.2 Å². The normalized spacial score (nSPS) is 15.5. The van der Waals surface area contributed by atoms with Crippen molar-refractivity contribution >= 4 is 5.97 Å². The third-order valence-corrected chi connectivity index (χ3v) is 4.17. The highest BCUT2D eigenvalue weighted by molar-refractivity contribution is 5.71. The SMILES string of the molecule is O=C(O)C1CN(Cc2ccc(OCc3cc(C(F)(F)F)ccn3)cc2)C1. The van der Waals surface area contributed by atoms with E-state index in [1.807, 2.05) is 17.0 Å². The summed E-state index contributed by atoms with van der Waals surface area (Å²) in [6, 6.07) is 9.06. The first-order valence-corrected chi connectivity index (χ1v) is 8.00. The van der Waals surface area contributed by atoms with Gasteiger partial charge >= 0.3 is 12.1 Å². The Kier molecular flexibility index (Phi) is 5.13. The molecule has 1 aromatic carbocycles. The average Bonchev–Trinajstić information content (AvgIpc) is 2.56. The summed E-state index contributed by atoms with van der Waals surface area (Å²) in [5.74, 6) is -0.536.